The van der Waals surface area contributed by atoms with Crippen molar-refractivity contribution < 1.29 is 0 Å². The highest BCUT2D eigenvalue weighted by Crippen LogP contribution is 2.33. The van der Waals surface area contributed by atoms with Crippen molar-refractivity contribution in [2.45, 2.75) is 5.03 Å². The van der Waals surface area contributed by atoms with E-state index in [1.165, 1.54) is 16.5 Å². The van der Waals surface area contributed by atoms with Gasteiger partial charge in [-0.25, -0.2) is 0 Å². The van der Waals surface area contributed by atoms with Crippen molar-refractivity contribution in [1.29, 1.82) is 0 Å². The monoisotopic (exact) mass is 225 g/mol. The van der Waals surface area contributed by atoms with Crippen molar-refractivity contribution in [3.05, 3.63) is 54.6 Å². The molecule has 0 aliphatic carbocycles. The van der Waals surface area contributed by atoms with Gasteiger partial charge in [-0.3, -0.25) is 0 Å². The lowest BCUT2D eigenvalue weighted by molar-refractivity contribution is 1.25. The lowest BCUT2D eigenvalue weighted by Gasteiger charge is -2.00. The highest BCUT2D eigenvalue weighted by Gasteiger charge is 2.09. The van der Waals surface area contributed by atoms with Crippen molar-refractivity contribution in [1.82, 2.24) is 4.98 Å². The van der Waals surface area contributed by atoms with Gasteiger partial charge in [-0.2, -0.15) is 0 Å². The fraction of sp³-hybridized carbons (Fsp3) is 0. The molecular formula is C14H11NS. The summed E-state index contributed by atoms with van der Waals surface area (Å²) < 4.78 is 0. The predicted molar refractivity (Wildman–Crippen MR) is 71.0 cm³/mol. The van der Waals surface area contributed by atoms with Gasteiger partial charge < -0.3 is 4.98 Å². The maximum Gasteiger partial charge on any atom is 0.0781 e. The minimum absolute atomic E-state index is 0.924. The molecule has 0 radical (unpaired) electrons. The van der Waals surface area contributed by atoms with Crippen molar-refractivity contribution in [2.24, 2.45) is 0 Å². The van der Waals surface area contributed by atoms with E-state index in [-0.39, 0.29) is 0 Å². The first-order valence-electron chi connectivity index (χ1n) is 5.21. The summed E-state index contributed by atoms with van der Waals surface area (Å²) >= 11 is 4.51. The summed E-state index contributed by atoms with van der Waals surface area (Å²) in [5.74, 6) is 0. The molecule has 0 saturated carbocycles. The molecule has 0 bridgehead atoms. The molecule has 0 atom stereocenters. The number of nitrogens with one attached hydrogen (secondary N) is 1. The Morgan fingerprint density at radius 1 is 0.812 bits per heavy atom. The number of para-hydroxylation sites is 1. The van der Waals surface area contributed by atoms with E-state index in [4.69, 9.17) is 0 Å². The second kappa shape index (κ2) is 3.72. The minimum Gasteiger partial charge on any atom is -0.349 e. The summed E-state index contributed by atoms with van der Waals surface area (Å²) in [6.07, 6.45) is 0. The van der Waals surface area contributed by atoms with Gasteiger partial charge in [0.05, 0.1) is 5.03 Å². The molecule has 0 aliphatic rings. The third-order valence-electron chi connectivity index (χ3n) is 2.75. The Hall–Kier alpha value is -1.67. The maximum absolute atomic E-state index is 4.51. The van der Waals surface area contributed by atoms with Gasteiger partial charge >= 0.3 is 0 Å². The summed E-state index contributed by atoms with van der Waals surface area (Å²) in [6.45, 7) is 0. The molecule has 78 valence electrons. The molecule has 1 N–H and O–H groups in total. The third kappa shape index (κ3) is 1.42. The number of hydrogen-bond acceptors (Lipinski definition) is 1. The Balaban J connectivity index is 2.35. The van der Waals surface area contributed by atoms with E-state index in [1.54, 1.807) is 0 Å². The highest BCUT2D eigenvalue weighted by atomic mass is 32.1. The zero-order valence-electron chi connectivity index (χ0n) is 8.64. The van der Waals surface area contributed by atoms with Crippen molar-refractivity contribution in [2.75, 3.05) is 0 Å². The average Bonchev–Trinajstić information content (AvgIpc) is 2.66. The molecule has 3 aromatic rings. The Bertz CT molecular complexity index is 626. The first-order chi connectivity index (χ1) is 7.86. The van der Waals surface area contributed by atoms with Crippen LogP contribution in [0.25, 0.3) is 22.0 Å². The van der Waals surface area contributed by atoms with Gasteiger partial charge in [0, 0.05) is 16.5 Å². The van der Waals surface area contributed by atoms with Crippen LogP contribution < -0.4 is 0 Å². The third-order valence-corrected chi connectivity index (χ3v) is 3.08. The van der Waals surface area contributed by atoms with Crippen LogP contribution in [0.5, 0.6) is 0 Å². The number of fused-ring (bicyclic) bond motifs is 1. The number of H-pyrrole nitrogens is 1. The van der Waals surface area contributed by atoms with Crippen LogP contribution in [0.4, 0.5) is 0 Å². The van der Waals surface area contributed by atoms with E-state index in [0.29, 0.717) is 0 Å². The van der Waals surface area contributed by atoms with Gasteiger partial charge in [0.2, 0.25) is 0 Å². The van der Waals surface area contributed by atoms with Crippen molar-refractivity contribution in [3.8, 4) is 11.1 Å². The summed E-state index contributed by atoms with van der Waals surface area (Å²) in [5.41, 5.74) is 3.51. The van der Waals surface area contributed by atoms with Gasteiger partial charge in [0.15, 0.2) is 0 Å². The zero-order chi connectivity index (χ0) is 11.0. The molecule has 0 unspecified atom stereocenters. The van der Waals surface area contributed by atoms with Gasteiger partial charge in [-0.1, -0.05) is 48.5 Å². The highest BCUT2D eigenvalue weighted by molar-refractivity contribution is 7.80. The summed E-state index contributed by atoms with van der Waals surface area (Å²) in [5, 5.41) is 2.14. The normalized spacial score (nSPS) is 10.8. The molecule has 1 nitrogen and oxygen atoms in total. The van der Waals surface area contributed by atoms with Crippen molar-refractivity contribution in [3.63, 3.8) is 0 Å². The van der Waals surface area contributed by atoms with Gasteiger partial charge in [-0.15, -0.1) is 12.6 Å². The average molecular weight is 225 g/mol. The largest absolute Gasteiger partial charge is 0.349 e. The maximum atomic E-state index is 4.51. The van der Waals surface area contributed by atoms with E-state index in [2.05, 4.69) is 47.9 Å². The van der Waals surface area contributed by atoms with Gasteiger partial charge in [0.25, 0.3) is 0 Å². The molecule has 2 heteroatoms. The summed E-state index contributed by atoms with van der Waals surface area (Å²) in [7, 11) is 0. The van der Waals surface area contributed by atoms with Crippen LogP contribution in [0.3, 0.4) is 0 Å². The zero-order valence-corrected chi connectivity index (χ0v) is 9.54. The summed E-state index contributed by atoms with van der Waals surface area (Å²) in [4.78, 5) is 3.29. The van der Waals surface area contributed by atoms with Crippen LogP contribution in [-0.2, 0) is 0 Å². The Kier molecular flexibility index (Phi) is 2.22. The second-order valence-electron chi connectivity index (χ2n) is 3.76. The van der Waals surface area contributed by atoms with E-state index >= 15 is 0 Å². The molecule has 0 spiro atoms. The lowest BCUT2D eigenvalue weighted by atomic mass is 10.1. The van der Waals surface area contributed by atoms with Crippen LogP contribution in [-0.4, -0.2) is 4.98 Å². The SMILES string of the molecule is Sc1[nH]c2ccccc2c1-c1ccccc1. The van der Waals surface area contributed by atoms with E-state index in [0.717, 1.165) is 10.5 Å². The van der Waals surface area contributed by atoms with Crippen LogP contribution in [0.2, 0.25) is 0 Å². The standard InChI is InChI=1S/C14H11NS/c16-14-13(10-6-2-1-3-7-10)11-8-4-5-9-12(11)15-14/h1-9,15-16H. The fourth-order valence-electron chi connectivity index (χ4n) is 2.02. The molecule has 0 aliphatic heterocycles. The van der Waals surface area contributed by atoms with E-state index in [1.807, 2.05) is 24.3 Å². The molecule has 1 aromatic heterocycles. The second-order valence-corrected chi connectivity index (χ2v) is 4.21. The number of thiol groups is 1. The topological polar surface area (TPSA) is 15.8 Å². The molecular weight excluding hydrogens is 214 g/mol. The number of rotatable bonds is 1. The first-order valence-corrected chi connectivity index (χ1v) is 5.66. The number of hydrogen-bond donors (Lipinski definition) is 2. The predicted octanol–water partition coefficient (Wildman–Crippen LogP) is 4.12. The van der Waals surface area contributed by atoms with Gasteiger partial charge in [-0.05, 0) is 11.6 Å². The molecule has 2 aromatic carbocycles. The van der Waals surface area contributed by atoms with Crippen LogP contribution in [0.1, 0.15) is 0 Å². The first kappa shape index (κ1) is 9.55. The molecule has 0 amide bonds. The molecule has 1 heterocycles. The Morgan fingerprint density at radius 3 is 2.31 bits per heavy atom. The van der Waals surface area contributed by atoms with E-state index < -0.39 is 0 Å². The van der Waals surface area contributed by atoms with Crippen LogP contribution in [0.15, 0.2) is 59.6 Å². The molecule has 0 fully saturated rings. The fourth-order valence-corrected chi connectivity index (χ4v) is 2.39. The lowest BCUT2D eigenvalue weighted by Crippen LogP contribution is -1.75. The smallest absolute Gasteiger partial charge is 0.0781 e. The van der Waals surface area contributed by atoms with Gasteiger partial charge in [0.1, 0.15) is 0 Å². The Morgan fingerprint density at radius 2 is 1.50 bits per heavy atom. The quantitative estimate of drug-likeness (QED) is 0.579. The molecule has 0 saturated heterocycles. The molecule has 3 rings (SSSR count). The van der Waals surface area contributed by atoms with Crippen molar-refractivity contribution >= 4 is 23.5 Å². The number of aromatic amines is 1. The number of benzene rings is 2. The Labute approximate surface area is 99.5 Å². The van der Waals surface area contributed by atoms with Crippen LogP contribution in [0, 0.1) is 0 Å². The van der Waals surface area contributed by atoms with E-state index in [9.17, 15) is 0 Å². The number of aromatic nitrogens is 1. The minimum atomic E-state index is 0.924. The molecule has 16 heavy (non-hydrogen) atoms. The summed E-state index contributed by atoms with van der Waals surface area (Å²) in [6, 6.07) is 18.6. The van der Waals surface area contributed by atoms with Crippen LogP contribution >= 0.6 is 12.6 Å².